The molecule has 0 radical (unpaired) electrons. The normalized spacial score (nSPS) is 11.2. The van der Waals surface area contributed by atoms with E-state index in [1.807, 2.05) is 0 Å². The van der Waals surface area contributed by atoms with Gasteiger partial charge in [0.2, 0.25) is 0 Å². The Kier molecular flexibility index (Phi) is 5.88. The standard InChI is InChI=1S/C16H24N2/c1-4-6-14-7-9-15(10-8-14)16(2,3)13-18-12-5-11-17/h7-10,18H,4-6,12-13H2,1-3H3. The minimum absolute atomic E-state index is 0.111. The second-order valence-corrected chi connectivity index (χ2v) is 5.42. The summed E-state index contributed by atoms with van der Waals surface area (Å²) in [6.07, 6.45) is 2.92. The van der Waals surface area contributed by atoms with E-state index in [9.17, 15) is 0 Å². The number of aryl methyl sites for hydroxylation is 1. The smallest absolute Gasteiger partial charge is 0.0635 e. The van der Waals surface area contributed by atoms with Crippen LogP contribution in [0.1, 0.15) is 44.7 Å². The average Bonchev–Trinajstić information content (AvgIpc) is 2.36. The van der Waals surface area contributed by atoms with Gasteiger partial charge in [0.15, 0.2) is 0 Å². The molecule has 2 nitrogen and oxygen atoms in total. The summed E-state index contributed by atoms with van der Waals surface area (Å²) in [4.78, 5) is 0. The van der Waals surface area contributed by atoms with Gasteiger partial charge in [0.05, 0.1) is 6.07 Å². The van der Waals surface area contributed by atoms with Gasteiger partial charge in [-0.1, -0.05) is 51.5 Å². The Labute approximate surface area is 111 Å². The molecule has 98 valence electrons. The van der Waals surface area contributed by atoms with Gasteiger partial charge in [-0.3, -0.25) is 0 Å². The van der Waals surface area contributed by atoms with E-state index in [1.165, 1.54) is 17.5 Å². The average molecular weight is 244 g/mol. The van der Waals surface area contributed by atoms with Crippen LogP contribution in [0.25, 0.3) is 0 Å². The summed E-state index contributed by atoms with van der Waals surface area (Å²) in [7, 11) is 0. The van der Waals surface area contributed by atoms with Crippen molar-refractivity contribution >= 4 is 0 Å². The van der Waals surface area contributed by atoms with Crippen molar-refractivity contribution < 1.29 is 0 Å². The second kappa shape index (κ2) is 7.18. The molecule has 2 heteroatoms. The molecule has 0 spiro atoms. The molecule has 1 aromatic rings. The molecule has 0 atom stereocenters. The first-order valence-electron chi connectivity index (χ1n) is 6.77. The van der Waals surface area contributed by atoms with Crippen molar-refractivity contribution in [1.29, 1.82) is 5.26 Å². The van der Waals surface area contributed by atoms with E-state index in [-0.39, 0.29) is 5.41 Å². The summed E-state index contributed by atoms with van der Waals surface area (Å²) >= 11 is 0. The number of nitrogens with zero attached hydrogens (tertiary/aromatic N) is 1. The lowest BCUT2D eigenvalue weighted by molar-refractivity contribution is 0.473. The molecule has 0 aliphatic rings. The Bertz CT molecular complexity index is 385. The molecule has 0 saturated heterocycles. The van der Waals surface area contributed by atoms with Crippen molar-refractivity contribution in [1.82, 2.24) is 5.32 Å². The summed E-state index contributed by atoms with van der Waals surface area (Å²) in [6.45, 7) is 8.36. The molecule has 0 aliphatic heterocycles. The maximum Gasteiger partial charge on any atom is 0.0635 e. The number of hydrogen-bond acceptors (Lipinski definition) is 2. The third-order valence-electron chi connectivity index (χ3n) is 3.25. The molecule has 0 aliphatic carbocycles. The molecular formula is C16H24N2. The van der Waals surface area contributed by atoms with E-state index in [2.05, 4.69) is 56.4 Å². The van der Waals surface area contributed by atoms with Gasteiger partial charge < -0.3 is 5.32 Å². The molecule has 0 saturated carbocycles. The van der Waals surface area contributed by atoms with Gasteiger partial charge in [0, 0.05) is 24.9 Å². The van der Waals surface area contributed by atoms with Crippen molar-refractivity contribution in [2.24, 2.45) is 0 Å². The molecule has 0 heterocycles. The zero-order valence-corrected chi connectivity index (χ0v) is 11.8. The van der Waals surface area contributed by atoms with Crippen molar-refractivity contribution in [2.45, 2.75) is 45.4 Å². The first kappa shape index (κ1) is 14.7. The van der Waals surface area contributed by atoms with Crippen LogP contribution in [0.4, 0.5) is 0 Å². The molecule has 1 rings (SSSR count). The van der Waals surface area contributed by atoms with E-state index < -0.39 is 0 Å². The quantitative estimate of drug-likeness (QED) is 0.746. The summed E-state index contributed by atoms with van der Waals surface area (Å²) in [5.41, 5.74) is 2.88. The van der Waals surface area contributed by atoms with Crippen LogP contribution in [0.3, 0.4) is 0 Å². The third-order valence-corrected chi connectivity index (χ3v) is 3.25. The first-order valence-corrected chi connectivity index (χ1v) is 6.77. The van der Waals surface area contributed by atoms with Crippen LogP contribution < -0.4 is 5.32 Å². The molecule has 0 aromatic heterocycles. The fourth-order valence-electron chi connectivity index (χ4n) is 2.06. The van der Waals surface area contributed by atoms with Gasteiger partial charge in [-0.15, -0.1) is 0 Å². The lowest BCUT2D eigenvalue weighted by Gasteiger charge is -2.26. The minimum atomic E-state index is 0.111. The minimum Gasteiger partial charge on any atom is -0.315 e. The Morgan fingerprint density at radius 3 is 2.44 bits per heavy atom. The summed E-state index contributed by atoms with van der Waals surface area (Å²) in [5, 5.41) is 11.8. The maximum absolute atomic E-state index is 8.50. The number of hydrogen-bond donors (Lipinski definition) is 1. The van der Waals surface area contributed by atoms with Crippen molar-refractivity contribution in [2.75, 3.05) is 13.1 Å². The lowest BCUT2D eigenvalue weighted by atomic mass is 9.84. The monoisotopic (exact) mass is 244 g/mol. The van der Waals surface area contributed by atoms with E-state index in [0.717, 1.165) is 19.5 Å². The number of nitriles is 1. The van der Waals surface area contributed by atoms with Crippen LogP contribution in [0.15, 0.2) is 24.3 Å². The second-order valence-electron chi connectivity index (χ2n) is 5.42. The molecular weight excluding hydrogens is 220 g/mol. The van der Waals surface area contributed by atoms with Gasteiger partial charge in [-0.2, -0.15) is 5.26 Å². The van der Waals surface area contributed by atoms with Crippen LogP contribution in [-0.4, -0.2) is 13.1 Å². The van der Waals surface area contributed by atoms with Crippen LogP contribution in [0.5, 0.6) is 0 Å². The number of nitrogens with one attached hydrogen (secondary N) is 1. The summed E-state index contributed by atoms with van der Waals surface area (Å²) in [5.74, 6) is 0. The van der Waals surface area contributed by atoms with Gasteiger partial charge in [0.25, 0.3) is 0 Å². The molecule has 0 unspecified atom stereocenters. The molecule has 18 heavy (non-hydrogen) atoms. The predicted octanol–water partition coefficient (Wildman–Crippen LogP) is 3.42. The molecule has 0 fully saturated rings. The van der Waals surface area contributed by atoms with Crippen LogP contribution in [-0.2, 0) is 11.8 Å². The highest BCUT2D eigenvalue weighted by atomic mass is 14.9. The lowest BCUT2D eigenvalue weighted by Crippen LogP contribution is -2.33. The van der Waals surface area contributed by atoms with Gasteiger partial charge in [0.1, 0.15) is 0 Å². The van der Waals surface area contributed by atoms with E-state index in [4.69, 9.17) is 5.26 Å². The topological polar surface area (TPSA) is 35.8 Å². The zero-order chi connectivity index (χ0) is 13.4. The van der Waals surface area contributed by atoms with E-state index in [1.54, 1.807) is 0 Å². The predicted molar refractivity (Wildman–Crippen MR) is 76.6 cm³/mol. The maximum atomic E-state index is 8.50. The van der Waals surface area contributed by atoms with E-state index >= 15 is 0 Å². The summed E-state index contributed by atoms with van der Waals surface area (Å²) < 4.78 is 0. The Balaban J connectivity index is 2.58. The van der Waals surface area contributed by atoms with Gasteiger partial charge in [-0.25, -0.2) is 0 Å². The van der Waals surface area contributed by atoms with E-state index in [0.29, 0.717) is 6.42 Å². The van der Waals surface area contributed by atoms with Crippen LogP contribution in [0, 0.1) is 11.3 Å². The third kappa shape index (κ3) is 4.50. The highest BCUT2D eigenvalue weighted by Crippen LogP contribution is 2.22. The van der Waals surface area contributed by atoms with Crippen molar-refractivity contribution in [3.63, 3.8) is 0 Å². The molecule has 0 amide bonds. The van der Waals surface area contributed by atoms with Crippen LogP contribution in [0.2, 0.25) is 0 Å². The molecule has 1 N–H and O–H groups in total. The first-order chi connectivity index (χ1) is 8.60. The Morgan fingerprint density at radius 1 is 1.22 bits per heavy atom. The fourth-order valence-corrected chi connectivity index (χ4v) is 2.06. The highest BCUT2D eigenvalue weighted by molar-refractivity contribution is 5.28. The largest absolute Gasteiger partial charge is 0.315 e. The van der Waals surface area contributed by atoms with Crippen molar-refractivity contribution in [3.8, 4) is 6.07 Å². The molecule has 1 aromatic carbocycles. The molecule has 0 bridgehead atoms. The van der Waals surface area contributed by atoms with Gasteiger partial charge in [-0.05, 0) is 17.5 Å². The zero-order valence-electron chi connectivity index (χ0n) is 11.8. The van der Waals surface area contributed by atoms with Crippen molar-refractivity contribution in [3.05, 3.63) is 35.4 Å². The number of rotatable bonds is 7. The summed E-state index contributed by atoms with van der Waals surface area (Å²) in [6, 6.07) is 11.1. The Hall–Kier alpha value is -1.33. The SMILES string of the molecule is CCCc1ccc(C(C)(C)CNCCC#N)cc1. The Morgan fingerprint density at radius 2 is 1.89 bits per heavy atom. The highest BCUT2D eigenvalue weighted by Gasteiger charge is 2.19. The fraction of sp³-hybridized carbons (Fsp3) is 0.562. The van der Waals surface area contributed by atoms with Crippen LogP contribution >= 0.6 is 0 Å². The number of benzene rings is 1. The van der Waals surface area contributed by atoms with Gasteiger partial charge >= 0.3 is 0 Å².